The number of rotatable bonds is 19. The molecule has 0 bridgehead atoms. The zero-order valence-corrected chi connectivity index (χ0v) is 19.2. The van der Waals surface area contributed by atoms with Crippen molar-refractivity contribution in [1.82, 2.24) is 5.32 Å². The van der Waals surface area contributed by atoms with Gasteiger partial charge in [-0.15, -0.1) is 12.4 Å². The van der Waals surface area contributed by atoms with Gasteiger partial charge in [0.25, 0.3) is 0 Å². The van der Waals surface area contributed by atoms with Crippen molar-refractivity contribution in [2.75, 3.05) is 13.2 Å². The average molecular weight is 412 g/mol. The van der Waals surface area contributed by atoms with E-state index in [0.29, 0.717) is 0 Å². The molecular formula is C25H46ClNO. The Bertz CT molecular complexity index is 412. The van der Waals surface area contributed by atoms with Crippen LogP contribution in [0, 0.1) is 0 Å². The lowest BCUT2D eigenvalue weighted by molar-refractivity contribution is 0.241. The molecule has 0 radical (unpaired) electrons. The highest BCUT2D eigenvalue weighted by atomic mass is 35.5. The minimum absolute atomic E-state index is 0. The van der Waals surface area contributed by atoms with Gasteiger partial charge in [0, 0.05) is 6.04 Å². The van der Waals surface area contributed by atoms with Crippen LogP contribution in [-0.4, -0.2) is 24.3 Å². The summed E-state index contributed by atoms with van der Waals surface area (Å²) in [5.74, 6) is 0. The van der Waals surface area contributed by atoms with E-state index in [2.05, 4.69) is 36.5 Å². The van der Waals surface area contributed by atoms with Crippen LogP contribution < -0.4 is 5.32 Å². The molecule has 0 saturated carbocycles. The van der Waals surface area contributed by atoms with Crippen LogP contribution in [0.5, 0.6) is 0 Å². The molecular weight excluding hydrogens is 366 g/mol. The first-order valence-corrected chi connectivity index (χ1v) is 11.7. The maximum Gasteiger partial charge on any atom is 0.0587 e. The van der Waals surface area contributed by atoms with Crippen LogP contribution in [0.3, 0.4) is 0 Å². The molecule has 2 nitrogen and oxygen atoms in total. The predicted octanol–water partition coefficient (Wildman–Crippen LogP) is 7.08. The van der Waals surface area contributed by atoms with Gasteiger partial charge in [-0.3, -0.25) is 0 Å². The van der Waals surface area contributed by atoms with Crippen LogP contribution in [0.2, 0.25) is 0 Å². The zero-order valence-electron chi connectivity index (χ0n) is 18.3. The first kappa shape index (κ1) is 27.4. The van der Waals surface area contributed by atoms with E-state index >= 15 is 0 Å². The Morgan fingerprint density at radius 1 is 0.714 bits per heavy atom. The molecule has 0 heterocycles. The third-order valence-corrected chi connectivity index (χ3v) is 5.51. The molecule has 0 aliphatic heterocycles. The van der Waals surface area contributed by atoms with Gasteiger partial charge in [0.05, 0.1) is 6.61 Å². The fourth-order valence-corrected chi connectivity index (χ4v) is 3.73. The van der Waals surface area contributed by atoms with Gasteiger partial charge >= 0.3 is 0 Å². The maximum absolute atomic E-state index is 9.54. The van der Waals surface area contributed by atoms with Gasteiger partial charge in [0.2, 0.25) is 0 Å². The number of halogens is 1. The molecule has 3 heteroatoms. The Morgan fingerprint density at radius 2 is 1.18 bits per heavy atom. The van der Waals surface area contributed by atoms with Crippen LogP contribution in [0.4, 0.5) is 0 Å². The molecule has 1 atom stereocenters. The molecule has 0 saturated heterocycles. The SMILES string of the molecule is CCCCCCCCCCCCCCCCN[C@H](CO)Cc1ccccc1.Cl. The van der Waals surface area contributed by atoms with Gasteiger partial charge in [0.15, 0.2) is 0 Å². The molecule has 0 amide bonds. The molecule has 28 heavy (non-hydrogen) atoms. The summed E-state index contributed by atoms with van der Waals surface area (Å²) in [6.07, 6.45) is 20.5. The van der Waals surface area contributed by atoms with E-state index in [1.54, 1.807) is 0 Å². The molecule has 1 rings (SSSR count). The summed E-state index contributed by atoms with van der Waals surface area (Å²) < 4.78 is 0. The van der Waals surface area contributed by atoms with E-state index in [-0.39, 0.29) is 25.1 Å². The Balaban J connectivity index is 0.00000729. The van der Waals surface area contributed by atoms with Crippen molar-refractivity contribution in [1.29, 1.82) is 0 Å². The quantitative estimate of drug-likeness (QED) is 0.238. The topological polar surface area (TPSA) is 32.3 Å². The largest absolute Gasteiger partial charge is 0.395 e. The molecule has 2 N–H and O–H groups in total. The van der Waals surface area contributed by atoms with Crippen LogP contribution >= 0.6 is 12.4 Å². The van der Waals surface area contributed by atoms with Crippen LogP contribution in [0.15, 0.2) is 30.3 Å². The lowest BCUT2D eigenvalue weighted by Crippen LogP contribution is -2.35. The minimum Gasteiger partial charge on any atom is -0.395 e. The monoisotopic (exact) mass is 411 g/mol. The second kappa shape index (κ2) is 21.1. The second-order valence-electron chi connectivity index (χ2n) is 8.12. The summed E-state index contributed by atoms with van der Waals surface area (Å²) in [5.41, 5.74) is 1.30. The van der Waals surface area contributed by atoms with E-state index in [9.17, 15) is 5.11 Å². The van der Waals surface area contributed by atoms with Crippen molar-refractivity contribution in [3.05, 3.63) is 35.9 Å². The van der Waals surface area contributed by atoms with Crippen molar-refractivity contribution < 1.29 is 5.11 Å². The standard InChI is InChI=1S/C25H45NO.ClH/c1-2-3-4-5-6-7-8-9-10-11-12-13-14-18-21-26-25(23-27)22-24-19-16-15-17-20-24;/h15-17,19-20,25-27H,2-14,18,21-23H2,1H3;1H/t25-;/m0./s1. The molecule has 164 valence electrons. The van der Waals surface area contributed by atoms with E-state index < -0.39 is 0 Å². The van der Waals surface area contributed by atoms with Crippen molar-refractivity contribution in [3.8, 4) is 0 Å². The Morgan fingerprint density at radius 3 is 1.64 bits per heavy atom. The fraction of sp³-hybridized carbons (Fsp3) is 0.760. The first-order chi connectivity index (χ1) is 13.4. The Kier molecular flexibility index (Phi) is 20.7. The normalized spacial score (nSPS) is 11.9. The predicted molar refractivity (Wildman–Crippen MR) is 127 cm³/mol. The number of benzene rings is 1. The number of aliphatic hydroxyl groups is 1. The first-order valence-electron chi connectivity index (χ1n) is 11.7. The van der Waals surface area contributed by atoms with Gasteiger partial charge in [0.1, 0.15) is 0 Å². The van der Waals surface area contributed by atoms with Gasteiger partial charge < -0.3 is 10.4 Å². The second-order valence-corrected chi connectivity index (χ2v) is 8.12. The number of aliphatic hydroxyl groups excluding tert-OH is 1. The van der Waals surface area contributed by atoms with Gasteiger partial charge in [-0.2, -0.15) is 0 Å². The molecule has 0 spiro atoms. The molecule has 0 aliphatic rings. The van der Waals surface area contributed by atoms with Crippen molar-refractivity contribution in [2.45, 2.75) is 109 Å². The summed E-state index contributed by atoms with van der Waals surface area (Å²) in [4.78, 5) is 0. The van der Waals surface area contributed by atoms with E-state index in [0.717, 1.165) is 13.0 Å². The summed E-state index contributed by atoms with van der Waals surface area (Å²) in [5, 5.41) is 13.1. The zero-order chi connectivity index (χ0) is 19.4. The third kappa shape index (κ3) is 16.4. The van der Waals surface area contributed by atoms with Crippen LogP contribution in [-0.2, 0) is 6.42 Å². The summed E-state index contributed by atoms with van der Waals surface area (Å²) in [7, 11) is 0. The summed E-state index contributed by atoms with van der Waals surface area (Å²) in [6, 6.07) is 10.6. The molecule has 0 aliphatic carbocycles. The maximum atomic E-state index is 9.54. The minimum atomic E-state index is 0. The highest BCUT2D eigenvalue weighted by molar-refractivity contribution is 5.85. The molecule has 0 fully saturated rings. The Hall–Kier alpha value is -0.570. The molecule has 1 aromatic rings. The van der Waals surface area contributed by atoms with E-state index in [1.807, 2.05) is 6.07 Å². The average Bonchev–Trinajstić information content (AvgIpc) is 2.70. The summed E-state index contributed by atoms with van der Waals surface area (Å²) in [6.45, 7) is 3.53. The highest BCUT2D eigenvalue weighted by Gasteiger charge is 2.06. The lowest BCUT2D eigenvalue weighted by Gasteiger charge is -2.16. The molecule has 0 aromatic heterocycles. The number of unbranched alkanes of at least 4 members (excludes halogenated alkanes) is 13. The number of nitrogens with one attached hydrogen (secondary N) is 1. The van der Waals surface area contributed by atoms with Crippen LogP contribution in [0.1, 0.15) is 102 Å². The Labute approximate surface area is 181 Å². The van der Waals surface area contributed by atoms with Crippen molar-refractivity contribution in [3.63, 3.8) is 0 Å². The molecule has 1 aromatic carbocycles. The van der Waals surface area contributed by atoms with E-state index in [1.165, 1.54) is 95.5 Å². The van der Waals surface area contributed by atoms with Crippen molar-refractivity contribution in [2.24, 2.45) is 0 Å². The fourth-order valence-electron chi connectivity index (χ4n) is 3.73. The number of hydrogen-bond donors (Lipinski definition) is 2. The van der Waals surface area contributed by atoms with Crippen LogP contribution in [0.25, 0.3) is 0 Å². The van der Waals surface area contributed by atoms with Gasteiger partial charge in [-0.25, -0.2) is 0 Å². The highest BCUT2D eigenvalue weighted by Crippen LogP contribution is 2.13. The van der Waals surface area contributed by atoms with Gasteiger partial charge in [-0.1, -0.05) is 121 Å². The molecule has 0 unspecified atom stereocenters. The smallest absolute Gasteiger partial charge is 0.0587 e. The third-order valence-electron chi connectivity index (χ3n) is 5.51. The van der Waals surface area contributed by atoms with Gasteiger partial charge in [-0.05, 0) is 24.9 Å². The lowest BCUT2D eigenvalue weighted by atomic mass is 10.0. The summed E-state index contributed by atoms with van der Waals surface area (Å²) >= 11 is 0. The number of hydrogen-bond acceptors (Lipinski definition) is 2. The van der Waals surface area contributed by atoms with Crippen molar-refractivity contribution >= 4 is 12.4 Å². The van der Waals surface area contributed by atoms with E-state index in [4.69, 9.17) is 0 Å².